The smallest absolute Gasteiger partial charge is 0.273 e. The van der Waals surface area contributed by atoms with Crippen LogP contribution in [0.3, 0.4) is 0 Å². The van der Waals surface area contributed by atoms with E-state index in [0.29, 0.717) is 17.3 Å². The van der Waals surface area contributed by atoms with Gasteiger partial charge >= 0.3 is 0 Å². The lowest BCUT2D eigenvalue weighted by Crippen LogP contribution is -2.21. The Kier molecular flexibility index (Phi) is 4.22. The van der Waals surface area contributed by atoms with Gasteiger partial charge in [0.1, 0.15) is 11.2 Å². The van der Waals surface area contributed by atoms with Gasteiger partial charge in [-0.15, -0.1) is 10.2 Å². The number of aromatic nitrogens is 2. The second-order valence-corrected chi connectivity index (χ2v) is 6.39. The Balaban J connectivity index is 1.64. The summed E-state index contributed by atoms with van der Waals surface area (Å²) < 4.78 is 0. The molecule has 1 aliphatic heterocycles. The highest BCUT2D eigenvalue weighted by Crippen LogP contribution is 2.35. The van der Waals surface area contributed by atoms with Crippen LogP contribution in [0.4, 0.5) is 10.8 Å². The Morgan fingerprint density at radius 2 is 1.80 bits per heavy atom. The van der Waals surface area contributed by atoms with Crippen LogP contribution in [-0.2, 0) is 4.79 Å². The summed E-state index contributed by atoms with van der Waals surface area (Å²) in [5, 5.41) is 17.3. The third kappa shape index (κ3) is 3.27. The monoisotopic (exact) mass is 349 g/mol. The molecule has 0 bridgehead atoms. The minimum absolute atomic E-state index is 0.0150. The van der Waals surface area contributed by atoms with Crippen LogP contribution in [-0.4, -0.2) is 21.8 Å². The molecule has 25 heavy (non-hydrogen) atoms. The summed E-state index contributed by atoms with van der Waals surface area (Å²) in [5.74, 6) is -0.240. The molecule has 0 saturated carbocycles. The quantitative estimate of drug-likeness (QED) is 0.783. The summed E-state index contributed by atoms with van der Waals surface area (Å²) >= 11 is 1.28. The number of nitrogens with one attached hydrogen (secondary N) is 1. The van der Waals surface area contributed by atoms with Gasteiger partial charge in [0.25, 0.3) is 5.91 Å². The lowest BCUT2D eigenvalue weighted by atomic mass is 10.0. The summed E-state index contributed by atoms with van der Waals surface area (Å²) in [5.41, 5.74) is 4.13. The average Bonchev–Trinajstić information content (AvgIpc) is 3.33. The van der Waals surface area contributed by atoms with Crippen molar-refractivity contribution >= 4 is 33.8 Å². The van der Waals surface area contributed by atoms with Gasteiger partial charge in [-0.3, -0.25) is 15.1 Å². The van der Waals surface area contributed by atoms with Crippen LogP contribution in [0, 0.1) is 0 Å². The fourth-order valence-electron chi connectivity index (χ4n) is 2.80. The number of hydrazone groups is 1. The van der Waals surface area contributed by atoms with E-state index in [-0.39, 0.29) is 11.9 Å². The molecular weight excluding hydrogens is 334 g/mol. The van der Waals surface area contributed by atoms with Crippen molar-refractivity contribution in [3.63, 3.8) is 0 Å². The zero-order chi connectivity index (χ0) is 17.1. The predicted octanol–water partition coefficient (Wildman–Crippen LogP) is 3.48. The van der Waals surface area contributed by atoms with E-state index in [0.717, 1.165) is 11.3 Å². The van der Waals surface area contributed by atoms with Crippen molar-refractivity contribution in [2.75, 3.05) is 10.3 Å². The number of carbonyl (C=O) groups excluding carboxylic acids is 1. The number of para-hydroxylation sites is 1. The molecule has 3 aromatic rings. The molecule has 124 valence electrons. The van der Waals surface area contributed by atoms with Gasteiger partial charge < -0.3 is 0 Å². The van der Waals surface area contributed by atoms with Crippen molar-refractivity contribution < 1.29 is 4.79 Å². The Hall–Kier alpha value is -3.06. The van der Waals surface area contributed by atoms with Gasteiger partial charge in [0.2, 0.25) is 5.13 Å². The minimum atomic E-state index is -0.240. The first-order valence-electron chi connectivity index (χ1n) is 7.85. The van der Waals surface area contributed by atoms with E-state index in [4.69, 9.17) is 0 Å². The number of hydrogen-bond acceptors (Lipinski definition) is 6. The maximum atomic E-state index is 12.5. The molecule has 7 heteroatoms. The molecule has 2 aromatic carbocycles. The molecule has 0 saturated heterocycles. The molecule has 0 fully saturated rings. The van der Waals surface area contributed by atoms with Gasteiger partial charge in [0.05, 0.1) is 11.7 Å². The fraction of sp³-hybridized carbons (Fsp3) is 0.111. The summed E-state index contributed by atoms with van der Waals surface area (Å²) in [7, 11) is 0. The third-order valence-electron chi connectivity index (χ3n) is 3.96. The van der Waals surface area contributed by atoms with E-state index < -0.39 is 0 Å². The maximum absolute atomic E-state index is 12.5. The predicted molar refractivity (Wildman–Crippen MR) is 98.7 cm³/mol. The van der Waals surface area contributed by atoms with Crippen LogP contribution < -0.4 is 10.3 Å². The van der Waals surface area contributed by atoms with E-state index >= 15 is 0 Å². The first-order chi connectivity index (χ1) is 12.3. The molecule has 0 spiro atoms. The fourth-order valence-corrected chi connectivity index (χ4v) is 3.24. The highest BCUT2D eigenvalue weighted by atomic mass is 32.1. The summed E-state index contributed by atoms with van der Waals surface area (Å²) in [6.45, 7) is 0. The van der Waals surface area contributed by atoms with Crippen molar-refractivity contribution in [1.82, 2.24) is 10.2 Å². The molecule has 1 atom stereocenters. The first kappa shape index (κ1) is 15.5. The van der Waals surface area contributed by atoms with Gasteiger partial charge in [-0.25, -0.2) is 0 Å². The topological polar surface area (TPSA) is 70.5 Å². The largest absolute Gasteiger partial charge is 0.295 e. The van der Waals surface area contributed by atoms with Crippen LogP contribution in [0.2, 0.25) is 0 Å². The highest BCUT2D eigenvalue weighted by molar-refractivity contribution is 7.13. The number of rotatable bonds is 4. The van der Waals surface area contributed by atoms with Crippen LogP contribution in [0.15, 0.2) is 71.3 Å². The van der Waals surface area contributed by atoms with Crippen molar-refractivity contribution in [2.24, 2.45) is 5.10 Å². The zero-order valence-corrected chi connectivity index (χ0v) is 14.1. The standard InChI is InChI=1S/C18H15N5OS/c24-17(20-18-21-19-12-25-18)15-11-16(13-7-3-1-4-8-13)23(22-15)14-9-5-2-6-10-14/h1-10,12,16H,11H2,(H,20,21,24)/t16-/m1/s1. The Labute approximate surface area is 148 Å². The average molecular weight is 349 g/mol. The molecule has 1 N–H and O–H groups in total. The van der Waals surface area contributed by atoms with Crippen LogP contribution >= 0.6 is 11.3 Å². The highest BCUT2D eigenvalue weighted by Gasteiger charge is 2.32. The van der Waals surface area contributed by atoms with E-state index in [2.05, 4.69) is 32.7 Å². The minimum Gasteiger partial charge on any atom is -0.295 e. The molecule has 1 aliphatic rings. The van der Waals surface area contributed by atoms with E-state index in [9.17, 15) is 4.79 Å². The first-order valence-corrected chi connectivity index (χ1v) is 8.73. The van der Waals surface area contributed by atoms with Crippen molar-refractivity contribution in [3.8, 4) is 0 Å². The van der Waals surface area contributed by atoms with Gasteiger partial charge in [-0.05, 0) is 17.7 Å². The van der Waals surface area contributed by atoms with E-state index in [1.807, 2.05) is 53.5 Å². The van der Waals surface area contributed by atoms with E-state index in [1.54, 1.807) is 5.51 Å². The van der Waals surface area contributed by atoms with Gasteiger partial charge in [0.15, 0.2) is 0 Å². The second kappa shape index (κ2) is 6.82. The normalized spacial score (nSPS) is 16.6. The van der Waals surface area contributed by atoms with Crippen molar-refractivity contribution in [1.29, 1.82) is 0 Å². The Morgan fingerprint density at radius 1 is 1.08 bits per heavy atom. The van der Waals surface area contributed by atoms with Crippen LogP contribution in [0.25, 0.3) is 0 Å². The van der Waals surface area contributed by atoms with Gasteiger partial charge in [0, 0.05) is 6.42 Å². The molecular formula is C18H15N5OS. The third-order valence-corrected chi connectivity index (χ3v) is 4.56. The molecule has 0 unspecified atom stereocenters. The molecule has 4 rings (SSSR count). The van der Waals surface area contributed by atoms with Gasteiger partial charge in [-0.1, -0.05) is 59.9 Å². The number of amides is 1. The van der Waals surface area contributed by atoms with E-state index in [1.165, 1.54) is 11.3 Å². The molecule has 0 aliphatic carbocycles. The molecule has 1 aromatic heterocycles. The molecule has 6 nitrogen and oxygen atoms in total. The number of benzene rings is 2. The Bertz CT molecular complexity index is 880. The second-order valence-electron chi connectivity index (χ2n) is 5.56. The molecule has 1 amide bonds. The summed E-state index contributed by atoms with van der Waals surface area (Å²) in [6.07, 6.45) is 0.531. The molecule has 2 heterocycles. The SMILES string of the molecule is O=C(Nc1nncs1)C1=NN(c2ccccc2)[C@@H](c2ccccc2)C1. The van der Waals surface area contributed by atoms with Crippen molar-refractivity contribution in [3.05, 3.63) is 71.7 Å². The number of hydrogen-bond donors (Lipinski definition) is 1. The number of nitrogens with zero attached hydrogens (tertiary/aromatic N) is 4. The van der Waals surface area contributed by atoms with Gasteiger partial charge in [-0.2, -0.15) is 5.10 Å². The molecule has 0 radical (unpaired) electrons. The lowest BCUT2D eigenvalue weighted by Gasteiger charge is -2.23. The lowest BCUT2D eigenvalue weighted by molar-refractivity contribution is -0.110. The summed E-state index contributed by atoms with van der Waals surface area (Å²) in [6, 6.07) is 19.9. The summed E-state index contributed by atoms with van der Waals surface area (Å²) in [4.78, 5) is 12.5. The Morgan fingerprint density at radius 3 is 2.48 bits per heavy atom. The van der Waals surface area contributed by atoms with Crippen LogP contribution in [0.1, 0.15) is 18.0 Å². The van der Waals surface area contributed by atoms with Crippen LogP contribution in [0.5, 0.6) is 0 Å². The maximum Gasteiger partial charge on any atom is 0.273 e. The number of carbonyl (C=O) groups is 1. The zero-order valence-electron chi connectivity index (χ0n) is 13.2. The number of anilines is 2. The van der Waals surface area contributed by atoms with Crippen molar-refractivity contribution in [2.45, 2.75) is 12.5 Å².